The Morgan fingerprint density at radius 1 is 0.929 bits per heavy atom. The molecule has 0 unspecified atom stereocenters. The van der Waals surface area contributed by atoms with Gasteiger partial charge in [0.25, 0.3) is 0 Å². The fourth-order valence-electron chi connectivity index (χ4n) is 1.21. The van der Waals surface area contributed by atoms with Gasteiger partial charge in [-0.15, -0.1) is 0 Å². The first-order valence-corrected chi connectivity index (χ1v) is 7.56. The first kappa shape index (κ1) is 14.6. The standard InChI is InChI=1S/C9H21BrO3Si/c1-6-11-14(12-7-2,13-8-3)9(4,5)10/h6-8H2,1-5H3. The van der Waals surface area contributed by atoms with Crippen molar-refractivity contribution in [3.8, 4) is 0 Å². The van der Waals surface area contributed by atoms with Crippen molar-refractivity contribution in [2.45, 2.75) is 38.6 Å². The molecule has 0 N–H and O–H groups in total. The van der Waals surface area contributed by atoms with Gasteiger partial charge in [-0.25, -0.2) is 0 Å². The fourth-order valence-corrected chi connectivity index (χ4v) is 4.66. The topological polar surface area (TPSA) is 27.7 Å². The van der Waals surface area contributed by atoms with Gasteiger partial charge in [0.1, 0.15) is 0 Å². The van der Waals surface area contributed by atoms with E-state index in [0.29, 0.717) is 19.8 Å². The van der Waals surface area contributed by atoms with Crippen LogP contribution in [0.1, 0.15) is 34.6 Å². The molecule has 0 saturated heterocycles. The zero-order valence-electron chi connectivity index (χ0n) is 9.72. The van der Waals surface area contributed by atoms with E-state index in [0.717, 1.165) is 0 Å². The number of alkyl halides is 1. The van der Waals surface area contributed by atoms with Gasteiger partial charge in [0, 0.05) is 19.8 Å². The molecule has 0 fully saturated rings. The van der Waals surface area contributed by atoms with Gasteiger partial charge in [0.2, 0.25) is 0 Å². The average molecular weight is 285 g/mol. The molecule has 0 spiro atoms. The second kappa shape index (κ2) is 6.22. The lowest BCUT2D eigenvalue weighted by Gasteiger charge is -2.36. The van der Waals surface area contributed by atoms with Gasteiger partial charge in [-0.1, -0.05) is 15.9 Å². The third-order valence-electron chi connectivity index (χ3n) is 1.73. The molecule has 0 aromatic rings. The molecule has 0 rings (SSSR count). The molecule has 0 bridgehead atoms. The van der Waals surface area contributed by atoms with Gasteiger partial charge in [0.15, 0.2) is 0 Å². The highest BCUT2D eigenvalue weighted by molar-refractivity contribution is 9.10. The van der Waals surface area contributed by atoms with Crippen molar-refractivity contribution in [2.75, 3.05) is 19.8 Å². The van der Waals surface area contributed by atoms with Crippen LogP contribution in [-0.2, 0) is 13.3 Å². The van der Waals surface area contributed by atoms with E-state index in [-0.39, 0.29) is 3.95 Å². The Labute approximate surface area is 96.6 Å². The predicted octanol–water partition coefficient (Wildman–Crippen LogP) is 2.75. The average Bonchev–Trinajstić information content (AvgIpc) is 2.03. The molecule has 0 aliphatic carbocycles. The van der Waals surface area contributed by atoms with Crippen LogP contribution in [0.5, 0.6) is 0 Å². The first-order chi connectivity index (χ1) is 6.43. The van der Waals surface area contributed by atoms with Crippen LogP contribution in [0.2, 0.25) is 0 Å². The monoisotopic (exact) mass is 284 g/mol. The van der Waals surface area contributed by atoms with Gasteiger partial charge >= 0.3 is 8.80 Å². The molecule has 3 nitrogen and oxygen atoms in total. The molecule has 0 aromatic carbocycles. The van der Waals surface area contributed by atoms with Crippen molar-refractivity contribution in [3.05, 3.63) is 0 Å². The smallest absolute Gasteiger partial charge is 0.373 e. The van der Waals surface area contributed by atoms with E-state index < -0.39 is 8.80 Å². The quantitative estimate of drug-likeness (QED) is 0.532. The van der Waals surface area contributed by atoms with Crippen LogP contribution in [0, 0.1) is 0 Å². The van der Waals surface area contributed by atoms with E-state index in [9.17, 15) is 0 Å². The molecular formula is C9H21BrO3Si. The zero-order chi connectivity index (χ0) is 11.2. The van der Waals surface area contributed by atoms with Crippen molar-refractivity contribution in [1.82, 2.24) is 0 Å². The van der Waals surface area contributed by atoms with Gasteiger partial charge in [-0.3, -0.25) is 0 Å². The third kappa shape index (κ3) is 3.62. The van der Waals surface area contributed by atoms with Gasteiger partial charge in [-0.05, 0) is 34.6 Å². The predicted molar refractivity (Wildman–Crippen MR) is 63.6 cm³/mol. The van der Waals surface area contributed by atoms with Crippen LogP contribution in [0.3, 0.4) is 0 Å². The summed E-state index contributed by atoms with van der Waals surface area (Å²) >= 11 is 3.59. The first-order valence-electron chi connectivity index (χ1n) is 5.04. The van der Waals surface area contributed by atoms with Crippen LogP contribution < -0.4 is 0 Å². The Kier molecular flexibility index (Phi) is 6.48. The van der Waals surface area contributed by atoms with E-state index >= 15 is 0 Å². The molecule has 5 heteroatoms. The summed E-state index contributed by atoms with van der Waals surface area (Å²) in [6, 6.07) is 0. The Morgan fingerprint density at radius 3 is 1.36 bits per heavy atom. The molecule has 0 saturated carbocycles. The van der Waals surface area contributed by atoms with Crippen molar-refractivity contribution in [2.24, 2.45) is 0 Å². The summed E-state index contributed by atoms with van der Waals surface area (Å²) in [6.45, 7) is 11.8. The van der Waals surface area contributed by atoms with Crippen LogP contribution in [0.15, 0.2) is 0 Å². The highest BCUT2D eigenvalue weighted by Crippen LogP contribution is 2.32. The summed E-state index contributed by atoms with van der Waals surface area (Å²) < 4.78 is 16.9. The number of hydrogen-bond acceptors (Lipinski definition) is 3. The highest BCUT2D eigenvalue weighted by atomic mass is 79.9. The fraction of sp³-hybridized carbons (Fsp3) is 1.00. The van der Waals surface area contributed by atoms with Crippen molar-refractivity contribution < 1.29 is 13.3 Å². The number of hydrogen-bond donors (Lipinski definition) is 0. The lowest BCUT2D eigenvalue weighted by Crippen LogP contribution is -2.59. The molecule has 0 heterocycles. The summed E-state index contributed by atoms with van der Waals surface area (Å²) in [5.74, 6) is 0. The Morgan fingerprint density at radius 2 is 1.21 bits per heavy atom. The SMILES string of the molecule is CCO[Si](OCC)(OCC)C(C)(C)Br. The Bertz CT molecular complexity index is 142. The van der Waals surface area contributed by atoms with E-state index in [1.807, 2.05) is 34.6 Å². The summed E-state index contributed by atoms with van der Waals surface area (Å²) in [6.07, 6.45) is 0. The normalized spacial score (nSPS) is 13.3. The number of rotatable bonds is 7. The second-order valence-electron chi connectivity index (χ2n) is 3.33. The van der Waals surface area contributed by atoms with Crippen LogP contribution in [0.25, 0.3) is 0 Å². The molecule has 0 aromatic heterocycles. The summed E-state index contributed by atoms with van der Waals surface area (Å²) in [5.41, 5.74) is 0. The maximum absolute atomic E-state index is 5.72. The molecule has 0 aliphatic rings. The molecule has 0 aliphatic heterocycles. The molecule has 0 amide bonds. The minimum absolute atomic E-state index is 0.248. The van der Waals surface area contributed by atoms with E-state index in [1.165, 1.54) is 0 Å². The summed E-state index contributed by atoms with van der Waals surface area (Å²) in [5, 5.41) is 0. The molecular weight excluding hydrogens is 264 g/mol. The second-order valence-corrected chi connectivity index (χ2v) is 9.27. The maximum Gasteiger partial charge on any atom is 0.518 e. The van der Waals surface area contributed by atoms with Crippen LogP contribution in [-0.4, -0.2) is 32.6 Å². The summed E-state index contributed by atoms with van der Waals surface area (Å²) in [7, 11) is -2.58. The molecule has 86 valence electrons. The van der Waals surface area contributed by atoms with Crippen molar-refractivity contribution in [1.29, 1.82) is 0 Å². The number of halogens is 1. The summed E-state index contributed by atoms with van der Waals surface area (Å²) in [4.78, 5) is 0. The van der Waals surface area contributed by atoms with Gasteiger partial charge < -0.3 is 13.3 Å². The van der Waals surface area contributed by atoms with E-state index in [2.05, 4.69) is 15.9 Å². The van der Waals surface area contributed by atoms with Gasteiger partial charge in [-0.2, -0.15) is 0 Å². The zero-order valence-corrected chi connectivity index (χ0v) is 12.3. The third-order valence-corrected chi connectivity index (χ3v) is 6.65. The lowest BCUT2D eigenvalue weighted by atomic mass is 10.6. The Balaban J connectivity index is 4.73. The molecule has 0 radical (unpaired) electrons. The largest absolute Gasteiger partial charge is 0.518 e. The van der Waals surface area contributed by atoms with Crippen molar-refractivity contribution in [3.63, 3.8) is 0 Å². The molecule has 14 heavy (non-hydrogen) atoms. The lowest BCUT2D eigenvalue weighted by molar-refractivity contribution is 0.0622. The van der Waals surface area contributed by atoms with E-state index in [4.69, 9.17) is 13.3 Å². The minimum Gasteiger partial charge on any atom is -0.373 e. The maximum atomic E-state index is 5.72. The Hall–Kier alpha value is 0.577. The minimum atomic E-state index is -2.58. The van der Waals surface area contributed by atoms with Crippen molar-refractivity contribution >= 4 is 24.7 Å². The van der Waals surface area contributed by atoms with Gasteiger partial charge in [0.05, 0.1) is 3.95 Å². The van der Waals surface area contributed by atoms with Crippen LogP contribution in [0.4, 0.5) is 0 Å². The van der Waals surface area contributed by atoms with Crippen LogP contribution >= 0.6 is 15.9 Å². The molecule has 0 atom stereocenters. The van der Waals surface area contributed by atoms with E-state index in [1.54, 1.807) is 0 Å². The highest BCUT2D eigenvalue weighted by Gasteiger charge is 2.54.